The smallest absolute Gasteiger partial charge is 0.181 e. The lowest BCUT2D eigenvalue weighted by molar-refractivity contribution is 0.142. The van der Waals surface area contributed by atoms with Crippen LogP contribution in [-0.2, 0) is 9.47 Å². The maximum absolute atomic E-state index is 6.01. The molecule has 2 rings (SSSR count). The van der Waals surface area contributed by atoms with E-state index in [-0.39, 0.29) is 23.3 Å². The van der Waals surface area contributed by atoms with E-state index in [1.54, 1.807) is 0 Å². The first-order valence-electron chi connectivity index (χ1n) is 8.87. The molecule has 0 saturated carbocycles. The summed E-state index contributed by atoms with van der Waals surface area (Å²) in [6.45, 7) is 17.8. The Morgan fingerprint density at radius 2 is 1.22 bits per heavy atom. The lowest BCUT2D eigenvalue weighted by Crippen LogP contribution is -2.41. The molecule has 2 aliphatic rings. The van der Waals surface area contributed by atoms with Gasteiger partial charge in [-0.05, 0) is 41.5 Å². The van der Waals surface area contributed by atoms with Crippen LogP contribution in [0.5, 0.6) is 0 Å². The number of rotatable bonds is 4. The molecule has 0 saturated heterocycles. The molecule has 2 unspecified atom stereocenters. The van der Waals surface area contributed by atoms with Gasteiger partial charge < -0.3 is 9.47 Å². The van der Waals surface area contributed by atoms with Crippen LogP contribution >= 0.6 is 0 Å². The van der Waals surface area contributed by atoms with Crippen molar-refractivity contribution in [3.8, 4) is 0 Å². The van der Waals surface area contributed by atoms with Gasteiger partial charge in [0.25, 0.3) is 0 Å². The fraction of sp³-hybridized carbons (Fsp3) is 0.889. The molecular formula is C18H34N2O2Si. The fourth-order valence-corrected chi connectivity index (χ4v) is 5.90. The van der Waals surface area contributed by atoms with Crippen LogP contribution in [0, 0.1) is 0 Å². The van der Waals surface area contributed by atoms with E-state index in [2.05, 4.69) is 54.6 Å². The largest absolute Gasteiger partial charge is 0.478 e. The summed E-state index contributed by atoms with van der Waals surface area (Å²) in [4.78, 5) is 9.67. The maximum Gasteiger partial charge on any atom is 0.181 e. The van der Waals surface area contributed by atoms with Crippen LogP contribution in [0.15, 0.2) is 9.98 Å². The molecule has 5 heteroatoms. The molecule has 0 aromatic heterocycles. The van der Waals surface area contributed by atoms with Gasteiger partial charge >= 0.3 is 0 Å². The summed E-state index contributed by atoms with van der Waals surface area (Å²) in [5.74, 6) is 1.88. The van der Waals surface area contributed by atoms with Crippen molar-refractivity contribution in [1.29, 1.82) is 0 Å². The normalized spacial score (nSPS) is 29.9. The summed E-state index contributed by atoms with van der Waals surface area (Å²) in [5.41, 5.74) is -0.0142. The van der Waals surface area contributed by atoms with Gasteiger partial charge in [-0.2, -0.15) is 0 Å². The standard InChI is InChI=1S/C18H34N2O2Si/c1-13-9-17(3,4)19-15(21-13)11-23(7,8)12-16-20-18(5,6)10-14(2)22-16/h13-14H,9-12H2,1-8H3. The van der Waals surface area contributed by atoms with E-state index in [4.69, 9.17) is 19.5 Å². The Balaban J connectivity index is 2.07. The molecule has 4 nitrogen and oxygen atoms in total. The van der Waals surface area contributed by atoms with Crippen LogP contribution in [0.25, 0.3) is 0 Å². The van der Waals surface area contributed by atoms with Gasteiger partial charge in [0.2, 0.25) is 0 Å². The van der Waals surface area contributed by atoms with Gasteiger partial charge in [0.15, 0.2) is 11.8 Å². The Morgan fingerprint density at radius 1 is 0.870 bits per heavy atom. The zero-order valence-electron chi connectivity index (χ0n) is 16.2. The van der Waals surface area contributed by atoms with E-state index < -0.39 is 8.07 Å². The van der Waals surface area contributed by atoms with Crippen molar-refractivity contribution in [3.63, 3.8) is 0 Å². The third kappa shape index (κ3) is 5.62. The average Bonchev–Trinajstić information content (AvgIpc) is 2.19. The highest BCUT2D eigenvalue weighted by Gasteiger charge is 2.35. The highest BCUT2D eigenvalue weighted by atomic mass is 28.3. The molecule has 0 fully saturated rings. The molecule has 0 radical (unpaired) electrons. The van der Waals surface area contributed by atoms with Crippen LogP contribution in [0.4, 0.5) is 0 Å². The first-order valence-corrected chi connectivity index (χ1v) is 12.3. The Hall–Kier alpha value is -0.843. The highest BCUT2D eigenvalue weighted by Crippen LogP contribution is 2.30. The maximum atomic E-state index is 6.01. The SMILES string of the molecule is CC1CC(C)(C)N=C(C[Si](C)(C)CC2=NC(C)(C)CC(C)O2)O1. The van der Waals surface area contributed by atoms with Gasteiger partial charge in [0.1, 0.15) is 0 Å². The Kier molecular flexibility index (Phi) is 5.01. The van der Waals surface area contributed by atoms with E-state index >= 15 is 0 Å². The topological polar surface area (TPSA) is 43.2 Å². The second-order valence-electron chi connectivity index (χ2n) is 9.42. The number of aliphatic imine (C=N–C) groups is 2. The second-order valence-corrected chi connectivity index (χ2v) is 14.5. The quantitative estimate of drug-likeness (QED) is 0.699. The van der Waals surface area contributed by atoms with Crippen molar-refractivity contribution in [2.24, 2.45) is 9.98 Å². The van der Waals surface area contributed by atoms with Crippen molar-refractivity contribution in [2.75, 3.05) is 0 Å². The lowest BCUT2D eigenvalue weighted by Gasteiger charge is -2.36. The van der Waals surface area contributed by atoms with Crippen molar-refractivity contribution in [2.45, 2.75) is 103 Å². The Bertz CT molecular complexity index is 465. The zero-order chi connectivity index (χ0) is 17.5. The summed E-state index contributed by atoms with van der Waals surface area (Å²) >= 11 is 0. The zero-order valence-corrected chi connectivity index (χ0v) is 17.2. The predicted molar refractivity (Wildman–Crippen MR) is 100 cm³/mol. The van der Waals surface area contributed by atoms with E-state index in [1.807, 2.05) is 0 Å². The minimum atomic E-state index is -1.57. The number of ether oxygens (including phenoxy) is 2. The van der Waals surface area contributed by atoms with E-state index in [9.17, 15) is 0 Å². The molecule has 0 amide bonds. The van der Waals surface area contributed by atoms with Crippen LogP contribution in [0.1, 0.15) is 54.4 Å². The third-order valence-electron chi connectivity index (χ3n) is 4.36. The minimum Gasteiger partial charge on any atom is -0.478 e. The van der Waals surface area contributed by atoms with Crippen molar-refractivity contribution in [3.05, 3.63) is 0 Å². The molecule has 0 aliphatic carbocycles. The number of hydrogen-bond donors (Lipinski definition) is 0. The molecule has 0 spiro atoms. The second kappa shape index (κ2) is 6.23. The van der Waals surface area contributed by atoms with Gasteiger partial charge in [-0.3, -0.25) is 0 Å². The van der Waals surface area contributed by atoms with E-state index in [0.29, 0.717) is 0 Å². The van der Waals surface area contributed by atoms with Crippen LogP contribution < -0.4 is 0 Å². The molecule has 0 bridgehead atoms. The third-order valence-corrected chi connectivity index (χ3v) is 6.88. The van der Waals surface area contributed by atoms with Crippen molar-refractivity contribution >= 4 is 19.9 Å². The summed E-state index contributed by atoms with van der Waals surface area (Å²) in [5, 5.41) is 0. The number of hydrogen-bond acceptors (Lipinski definition) is 4. The number of nitrogens with zero attached hydrogens (tertiary/aromatic N) is 2. The van der Waals surface area contributed by atoms with E-state index in [0.717, 1.165) is 36.7 Å². The Morgan fingerprint density at radius 3 is 1.52 bits per heavy atom. The molecule has 23 heavy (non-hydrogen) atoms. The van der Waals surface area contributed by atoms with Crippen LogP contribution in [0.2, 0.25) is 25.2 Å². The molecule has 2 atom stereocenters. The molecule has 2 aliphatic heterocycles. The Labute approximate surface area is 142 Å². The first-order chi connectivity index (χ1) is 10.4. The van der Waals surface area contributed by atoms with Crippen LogP contribution in [0.3, 0.4) is 0 Å². The van der Waals surface area contributed by atoms with Gasteiger partial charge in [0, 0.05) is 24.9 Å². The first kappa shape index (κ1) is 18.5. The van der Waals surface area contributed by atoms with Gasteiger partial charge in [-0.25, -0.2) is 9.98 Å². The van der Waals surface area contributed by atoms with Gasteiger partial charge in [-0.1, -0.05) is 13.1 Å². The molecule has 0 aromatic rings. The average molecular weight is 339 g/mol. The van der Waals surface area contributed by atoms with Gasteiger partial charge in [-0.15, -0.1) is 0 Å². The monoisotopic (exact) mass is 338 g/mol. The molecule has 0 N–H and O–H groups in total. The predicted octanol–water partition coefficient (Wildman–Crippen LogP) is 4.67. The van der Waals surface area contributed by atoms with Crippen molar-refractivity contribution < 1.29 is 9.47 Å². The van der Waals surface area contributed by atoms with Crippen molar-refractivity contribution in [1.82, 2.24) is 0 Å². The summed E-state index contributed by atoms with van der Waals surface area (Å²) in [6, 6.07) is 1.91. The minimum absolute atomic E-state index is 0.00710. The van der Waals surface area contributed by atoms with Crippen LogP contribution in [-0.4, -0.2) is 43.2 Å². The summed E-state index contributed by atoms with van der Waals surface area (Å²) in [6.07, 6.45) is 2.48. The summed E-state index contributed by atoms with van der Waals surface area (Å²) in [7, 11) is -1.57. The summed E-state index contributed by atoms with van der Waals surface area (Å²) < 4.78 is 12.0. The lowest BCUT2D eigenvalue weighted by atomic mass is 9.97. The fourth-order valence-electron chi connectivity index (χ4n) is 3.82. The van der Waals surface area contributed by atoms with Gasteiger partial charge in [0.05, 0.1) is 31.4 Å². The molecule has 2 heterocycles. The molecule has 0 aromatic carbocycles. The molecule has 132 valence electrons. The molecular weight excluding hydrogens is 304 g/mol. The van der Waals surface area contributed by atoms with E-state index in [1.165, 1.54) is 0 Å². The highest BCUT2D eigenvalue weighted by molar-refractivity contribution is 6.82.